The first-order valence-electron chi connectivity index (χ1n) is 5.20. The van der Waals surface area contributed by atoms with Crippen LogP contribution in [0, 0.1) is 0 Å². The molecule has 0 aliphatic heterocycles. The highest BCUT2D eigenvalue weighted by Gasteiger charge is 2.17. The Morgan fingerprint density at radius 3 is 2.78 bits per heavy atom. The summed E-state index contributed by atoms with van der Waals surface area (Å²) in [5.74, 6) is -0.0749. The molecule has 8 heteroatoms. The Balaban J connectivity index is 2.71. The van der Waals surface area contributed by atoms with E-state index in [0.29, 0.717) is 18.4 Å². The highest BCUT2D eigenvalue weighted by atomic mass is 79.9. The van der Waals surface area contributed by atoms with Crippen molar-refractivity contribution in [2.45, 2.75) is 25.8 Å². The highest BCUT2D eigenvalue weighted by Crippen LogP contribution is 2.31. The molecule has 1 amide bonds. The van der Waals surface area contributed by atoms with Gasteiger partial charge in [-0.25, -0.2) is 0 Å². The van der Waals surface area contributed by atoms with Gasteiger partial charge >= 0.3 is 0 Å². The average molecular weight is 399 g/mol. The van der Waals surface area contributed by atoms with E-state index in [1.807, 2.05) is 6.92 Å². The van der Waals surface area contributed by atoms with Crippen LogP contribution in [0.15, 0.2) is 18.8 Å². The molecule has 1 aromatic rings. The molecule has 1 heterocycles. The summed E-state index contributed by atoms with van der Waals surface area (Å²) in [7, 11) is 0. The third-order valence-corrected chi connectivity index (χ3v) is 4.65. The molecule has 0 bridgehead atoms. The molecule has 1 unspecified atom stereocenters. The first kappa shape index (κ1) is 15.5. The van der Waals surface area contributed by atoms with Crippen LogP contribution >= 0.6 is 43.2 Å². The van der Waals surface area contributed by atoms with E-state index in [1.54, 1.807) is 6.07 Å². The van der Waals surface area contributed by atoms with Crippen molar-refractivity contribution in [3.8, 4) is 0 Å². The number of carbonyl (C=O) groups excluding carboxylic acids is 1. The Labute approximate surface area is 126 Å². The van der Waals surface area contributed by atoms with E-state index < -0.39 is 0 Å². The second kappa shape index (κ2) is 7.10. The van der Waals surface area contributed by atoms with Gasteiger partial charge in [0.2, 0.25) is 0 Å². The number of rotatable bonds is 5. The Bertz CT molecular complexity index is 462. The third-order valence-electron chi connectivity index (χ3n) is 2.31. The van der Waals surface area contributed by atoms with Gasteiger partial charge in [0.15, 0.2) is 0 Å². The molecule has 18 heavy (non-hydrogen) atoms. The zero-order chi connectivity index (χ0) is 13.7. The maximum atomic E-state index is 12.0. The van der Waals surface area contributed by atoms with Gasteiger partial charge < -0.3 is 16.3 Å². The fourth-order valence-corrected chi connectivity index (χ4v) is 4.14. The molecule has 4 N–H and O–H groups in total. The summed E-state index contributed by atoms with van der Waals surface area (Å²) in [4.78, 5) is 12.0. The van der Waals surface area contributed by atoms with Gasteiger partial charge in [0.25, 0.3) is 5.91 Å². The molecule has 0 aliphatic rings. The molecule has 0 saturated carbocycles. The zero-order valence-corrected chi connectivity index (χ0v) is 13.6. The SMILES string of the molecule is CCC(C/C(N)=N/O)NC(=O)c1cc(Br)sc1Br. The molecule has 0 spiro atoms. The number of nitrogens with two attached hydrogens (primary N) is 1. The minimum atomic E-state index is -0.179. The van der Waals surface area contributed by atoms with Gasteiger partial charge in [0.05, 0.1) is 13.1 Å². The van der Waals surface area contributed by atoms with E-state index >= 15 is 0 Å². The third kappa shape index (κ3) is 4.25. The van der Waals surface area contributed by atoms with Crippen molar-refractivity contribution in [3.63, 3.8) is 0 Å². The molecule has 100 valence electrons. The summed E-state index contributed by atoms with van der Waals surface area (Å²) in [5, 5.41) is 14.3. The average Bonchev–Trinajstić information content (AvgIpc) is 2.67. The minimum absolute atomic E-state index is 0.104. The monoisotopic (exact) mass is 397 g/mol. The molecule has 0 fully saturated rings. The number of amides is 1. The Hall–Kier alpha value is -0.600. The summed E-state index contributed by atoms with van der Waals surface area (Å²) < 4.78 is 1.65. The van der Waals surface area contributed by atoms with E-state index in [0.717, 1.165) is 7.57 Å². The lowest BCUT2D eigenvalue weighted by molar-refractivity contribution is 0.0936. The number of nitrogens with one attached hydrogen (secondary N) is 1. The minimum Gasteiger partial charge on any atom is -0.409 e. The van der Waals surface area contributed by atoms with Crippen molar-refractivity contribution in [1.29, 1.82) is 0 Å². The van der Waals surface area contributed by atoms with Crippen LogP contribution in [0.3, 0.4) is 0 Å². The van der Waals surface area contributed by atoms with Gasteiger partial charge in [-0.3, -0.25) is 4.79 Å². The number of carbonyl (C=O) groups is 1. The van der Waals surface area contributed by atoms with E-state index in [2.05, 4.69) is 42.3 Å². The topological polar surface area (TPSA) is 87.7 Å². The number of oxime groups is 1. The maximum absolute atomic E-state index is 12.0. The summed E-state index contributed by atoms with van der Waals surface area (Å²) in [6, 6.07) is 1.60. The van der Waals surface area contributed by atoms with Crippen LogP contribution in [-0.4, -0.2) is 23.0 Å². The predicted octanol–water partition coefficient (Wildman–Crippen LogP) is 2.92. The molecular weight excluding hydrogens is 386 g/mol. The van der Waals surface area contributed by atoms with Crippen molar-refractivity contribution < 1.29 is 10.0 Å². The second-order valence-corrected chi connectivity index (χ2v) is 7.36. The number of hydrogen-bond donors (Lipinski definition) is 3. The van der Waals surface area contributed by atoms with Gasteiger partial charge in [-0.1, -0.05) is 12.1 Å². The molecule has 0 aliphatic carbocycles. The van der Waals surface area contributed by atoms with Crippen molar-refractivity contribution in [2.24, 2.45) is 10.9 Å². The molecular formula is C10H13Br2N3O2S. The van der Waals surface area contributed by atoms with Crippen LogP contribution < -0.4 is 11.1 Å². The number of thiophene rings is 1. The lowest BCUT2D eigenvalue weighted by atomic mass is 10.1. The standard InChI is InChI=1S/C10H13Br2N3O2S/c1-2-5(3-8(13)15-17)14-10(16)6-4-7(11)18-9(6)12/h4-5,17H,2-3H2,1H3,(H2,13,15)(H,14,16). The summed E-state index contributed by atoms with van der Waals surface area (Å²) in [6.07, 6.45) is 1.02. The first-order chi connectivity index (χ1) is 8.47. The van der Waals surface area contributed by atoms with E-state index in [1.165, 1.54) is 11.3 Å². The number of halogens is 2. The van der Waals surface area contributed by atoms with E-state index in [4.69, 9.17) is 10.9 Å². The summed E-state index contributed by atoms with van der Waals surface area (Å²) >= 11 is 8.09. The van der Waals surface area contributed by atoms with Crippen LogP contribution in [0.4, 0.5) is 0 Å². The molecule has 0 radical (unpaired) electrons. The lowest BCUT2D eigenvalue weighted by Gasteiger charge is -2.15. The smallest absolute Gasteiger partial charge is 0.253 e. The van der Waals surface area contributed by atoms with Crippen LogP contribution in [0.2, 0.25) is 0 Å². The lowest BCUT2D eigenvalue weighted by Crippen LogP contribution is -2.37. The normalized spacial score (nSPS) is 13.4. The van der Waals surface area contributed by atoms with Gasteiger partial charge in [0.1, 0.15) is 5.84 Å². The van der Waals surface area contributed by atoms with Gasteiger partial charge in [0, 0.05) is 12.5 Å². The number of nitrogens with zero attached hydrogens (tertiary/aromatic N) is 1. The van der Waals surface area contributed by atoms with Crippen LogP contribution in [-0.2, 0) is 0 Å². The van der Waals surface area contributed by atoms with Crippen molar-refractivity contribution >= 4 is 54.9 Å². The molecule has 1 aromatic heterocycles. The van der Waals surface area contributed by atoms with Gasteiger partial charge in [-0.15, -0.1) is 11.3 Å². The van der Waals surface area contributed by atoms with Crippen LogP contribution in [0.25, 0.3) is 0 Å². The Morgan fingerprint density at radius 2 is 2.33 bits per heavy atom. The fraction of sp³-hybridized carbons (Fsp3) is 0.400. The van der Waals surface area contributed by atoms with Crippen molar-refractivity contribution in [2.75, 3.05) is 0 Å². The summed E-state index contributed by atoms with van der Waals surface area (Å²) in [5.41, 5.74) is 6.01. The number of amidine groups is 1. The van der Waals surface area contributed by atoms with E-state index in [9.17, 15) is 4.79 Å². The largest absolute Gasteiger partial charge is 0.409 e. The Morgan fingerprint density at radius 1 is 1.67 bits per heavy atom. The van der Waals surface area contributed by atoms with Gasteiger partial charge in [-0.2, -0.15) is 0 Å². The molecule has 0 aromatic carbocycles. The quantitative estimate of drug-likeness (QED) is 0.308. The Kier molecular flexibility index (Phi) is 6.10. The van der Waals surface area contributed by atoms with E-state index in [-0.39, 0.29) is 17.8 Å². The summed E-state index contributed by atoms with van der Waals surface area (Å²) in [6.45, 7) is 1.92. The first-order valence-corrected chi connectivity index (χ1v) is 7.60. The van der Waals surface area contributed by atoms with Gasteiger partial charge in [-0.05, 0) is 44.3 Å². The molecule has 5 nitrogen and oxygen atoms in total. The fourth-order valence-electron chi connectivity index (χ4n) is 1.35. The molecule has 1 atom stereocenters. The molecule has 1 rings (SSSR count). The van der Waals surface area contributed by atoms with Crippen molar-refractivity contribution in [3.05, 3.63) is 19.2 Å². The van der Waals surface area contributed by atoms with Crippen LogP contribution in [0.1, 0.15) is 30.1 Å². The predicted molar refractivity (Wildman–Crippen MR) is 79.3 cm³/mol. The zero-order valence-electron chi connectivity index (χ0n) is 9.61. The van der Waals surface area contributed by atoms with Crippen LogP contribution in [0.5, 0.6) is 0 Å². The number of hydrogen-bond acceptors (Lipinski definition) is 4. The maximum Gasteiger partial charge on any atom is 0.253 e. The second-order valence-electron chi connectivity index (χ2n) is 3.61. The molecule has 0 saturated heterocycles. The van der Waals surface area contributed by atoms with Crippen molar-refractivity contribution in [1.82, 2.24) is 5.32 Å². The highest BCUT2D eigenvalue weighted by molar-refractivity contribution is 9.12.